The number of benzene rings is 1. The van der Waals surface area contributed by atoms with Crippen molar-refractivity contribution in [3.8, 4) is 0 Å². The lowest BCUT2D eigenvalue weighted by Crippen LogP contribution is -2.60. The number of hydrogen-bond acceptors (Lipinski definition) is 4. The number of halogens is 1. The molecule has 27 heavy (non-hydrogen) atoms. The summed E-state index contributed by atoms with van der Waals surface area (Å²) in [5, 5.41) is 6.16. The van der Waals surface area contributed by atoms with Gasteiger partial charge in [0.2, 0.25) is 5.91 Å². The van der Waals surface area contributed by atoms with Crippen molar-refractivity contribution >= 4 is 17.5 Å². The van der Waals surface area contributed by atoms with Crippen LogP contribution >= 0.6 is 0 Å². The molecular weight excluding hydrogens is 349 g/mol. The van der Waals surface area contributed by atoms with Gasteiger partial charge in [-0.1, -0.05) is 6.07 Å². The first kappa shape index (κ1) is 18.9. The third-order valence-electron chi connectivity index (χ3n) is 4.70. The van der Waals surface area contributed by atoms with Gasteiger partial charge in [0.1, 0.15) is 11.4 Å². The van der Waals surface area contributed by atoms with Crippen molar-refractivity contribution in [1.82, 2.24) is 10.2 Å². The van der Waals surface area contributed by atoms with Crippen molar-refractivity contribution in [2.75, 3.05) is 18.4 Å². The number of nitrogens with one attached hydrogen (secondary N) is 2. The molecule has 1 aromatic heterocycles. The molecular formula is C20H24FN3O3. The number of hydrogen-bond donors (Lipinski definition) is 2. The molecule has 0 atom stereocenters. The summed E-state index contributed by atoms with van der Waals surface area (Å²) in [4.78, 5) is 27.1. The van der Waals surface area contributed by atoms with Crippen molar-refractivity contribution in [3.63, 3.8) is 0 Å². The molecule has 2 aromatic rings. The largest absolute Gasteiger partial charge is 0.459 e. The van der Waals surface area contributed by atoms with E-state index < -0.39 is 5.54 Å². The van der Waals surface area contributed by atoms with E-state index in [0.717, 1.165) is 0 Å². The van der Waals surface area contributed by atoms with Crippen molar-refractivity contribution < 1.29 is 18.4 Å². The van der Waals surface area contributed by atoms with Gasteiger partial charge in [0.25, 0.3) is 5.91 Å². The topological polar surface area (TPSA) is 74.6 Å². The Morgan fingerprint density at radius 3 is 2.52 bits per heavy atom. The molecule has 144 valence electrons. The molecule has 1 aliphatic heterocycles. The van der Waals surface area contributed by atoms with E-state index >= 15 is 0 Å². The highest BCUT2D eigenvalue weighted by Gasteiger charge is 2.43. The Morgan fingerprint density at radius 2 is 1.93 bits per heavy atom. The summed E-state index contributed by atoms with van der Waals surface area (Å²) in [6.07, 6.45) is 2.28. The van der Waals surface area contributed by atoms with Crippen LogP contribution in [-0.2, 0) is 4.79 Å². The Hall–Kier alpha value is -2.83. The van der Waals surface area contributed by atoms with Gasteiger partial charge in [-0.05, 0) is 57.0 Å². The second kappa shape index (κ2) is 7.82. The fourth-order valence-corrected chi connectivity index (χ4v) is 3.30. The molecule has 0 bridgehead atoms. The van der Waals surface area contributed by atoms with Gasteiger partial charge < -0.3 is 20.0 Å². The van der Waals surface area contributed by atoms with Crippen LogP contribution in [-0.4, -0.2) is 41.4 Å². The normalized spacial score (nSPS) is 16.2. The van der Waals surface area contributed by atoms with Gasteiger partial charge >= 0.3 is 0 Å². The highest BCUT2D eigenvalue weighted by Crippen LogP contribution is 2.29. The summed E-state index contributed by atoms with van der Waals surface area (Å²) in [5.41, 5.74) is -0.363. The number of piperidine rings is 1. The summed E-state index contributed by atoms with van der Waals surface area (Å²) < 4.78 is 18.8. The van der Waals surface area contributed by atoms with Gasteiger partial charge in [0.05, 0.1) is 6.26 Å². The van der Waals surface area contributed by atoms with E-state index in [2.05, 4.69) is 10.6 Å². The quantitative estimate of drug-likeness (QED) is 0.845. The molecule has 0 radical (unpaired) electrons. The van der Waals surface area contributed by atoms with Crippen LogP contribution in [0.25, 0.3) is 0 Å². The standard InChI is InChI=1S/C20H24FN3O3/c1-14(2)22-19(26)20(23-16-6-3-5-15(21)13-16)8-10-24(11-9-20)18(25)17-7-4-12-27-17/h3-7,12-14,23H,8-11H2,1-2H3,(H,22,26). The number of rotatable bonds is 5. The zero-order valence-electron chi connectivity index (χ0n) is 15.5. The number of anilines is 1. The Bertz CT molecular complexity index is 797. The molecule has 1 aromatic carbocycles. The van der Waals surface area contributed by atoms with Crippen LogP contribution in [0, 0.1) is 5.82 Å². The average molecular weight is 373 g/mol. The van der Waals surface area contributed by atoms with Gasteiger partial charge in [0, 0.05) is 24.8 Å². The number of likely N-dealkylation sites (tertiary alicyclic amines) is 1. The van der Waals surface area contributed by atoms with Gasteiger partial charge in [-0.15, -0.1) is 0 Å². The van der Waals surface area contributed by atoms with Crippen molar-refractivity contribution in [2.24, 2.45) is 0 Å². The molecule has 2 heterocycles. The first-order chi connectivity index (χ1) is 12.9. The summed E-state index contributed by atoms with van der Waals surface area (Å²) in [5.74, 6) is -0.424. The number of amides is 2. The second-order valence-corrected chi connectivity index (χ2v) is 7.12. The van der Waals surface area contributed by atoms with Crippen LogP contribution in [0.15, 0.2) is 47.1 Å². The SMILES string of the molecule is CC(C)NC(=O)C1(Nc2cccc(F)c2)CCN(C(=O)c2ccco2)CC1. The van der Waals surface area contributed by atoms with Crippen molar-refractivity contribution in [3.05, 3.63) is 54.2 Å². The predicted octanol–water partition coefficient (Wildman–Crippen LogP) is 3.03. The third-order valence-corrected chi connectivity index (χ3v) is 4.70. The van der Waals surface area contributed by atoms with Crippen LogP contribution in [0.4, 0.5) is 10.1 Å². The first-order valence-corrected chi connectivity index (χ1v) is 9.07. The average Bonchev–Trinajstić information content (AvgIpc) is 3.16. The zero-order chi connectivity index (χ0) is 19.4. The number of carbonyl (C=O) groups excluding carboxylic acids is 2. The highest BCUT2D eigenvalue weighted by molar-refractivity contribution is 5.93. The minimum atomic E-state index is -0.905. The maximum Gasteiger partial charge on any atom is 0.289 e. The van der Waals surface area contributed by atoms with E-state index in [1.165, 1.54) is 18.4 Å². The maximum absolute atomic E-state index is 13.6. The van der Waals surface area contributed by atoms with Gasteiger partial charge in [0.15, 0.2) is 5.76 Å². The fourth-order valence-electron chi connectivity index (χ4n) is 3.30. The Morgan fingerprint density at radius 1 is 1.19 bits per heavy atom. The molecule has 1 saturated heterocycles. The van der Waals surface area contributed by atoms with E-state index in [-0.39, 0.29) is 29.4 Å². The van der Waals surface area contributed by atoms with E-state index in [0.29, 0.717) is 31.6 Å². The number of furan rings is 1. The van der Waals surface area contributed by atoms with Gasteiger partial charge in [-0.3, -0.25) is 9.59 Å². The molecule has 1 fully saturated rings. The molecule has 0 saturated carbocycles. The lowest BCUT2D eigenvalue weighted by atomic mass is 9.85. The van der Waals surface area contributed by atoms with Crippen LogP contribution in [0.1, 0.15) is 37.2 Å². The smallest absolute Gasteiger partial charge is 0.289 e. The zero-order valence-corrected chi connectivity index (χ0v) is 15.5. The minimum absolute atomic E-state index is 0.0218. The van der Waals surface area contributed by atoms with E-state index in [1.807, 2.05) is 13.8 Å². The fraction of sp³-hybridized carbons (Fsp3) is 0.400. The first-order valence-electron chi connectivity index (χ1n) is 9.07. The molecule has 2 N–H and O–H groups in total. The molecule has 3 rings (SSSR count). The lowest BCUT2D eigenvalue weighted by Gasteiger charge is -2.41. The van der Waals surface area contributed by atoms with Gasteiger partial charge in [-0.25, -0.2) is 4.39 Å². The van der Waals surface area contributed by atoms with Crippen molar-refractivity contribution in [2.45, 2.75) is 38.3 Å². The van der Waals surface area contributed by atoms with Crippen LogP contribution in [0.5, 0.6) is 0 Å². The van der Waals surface area contributed by atoms with Crippen LogP contribution in [0.3, 0.4) is 0 Å². The Labute approximate surface area is 157 Å². The summed E-state index contributed by atoms with van der Waals surface area (Å²) in [6.45, 7) is 4.58. The second-order valence-electron chi connectivity index (χ2n) is 7.12. The lowest BCUT2D eigenvalue weighted by molar-refractivity contribution is -0.127. The Kier molecular flexibility index (Phi) is 5.48. The van der Waals surface area contributed by atoms with E-state index in [9.17, 15) is 14.0 Å². The summed E-state index contributed by atoms with van der Waals surface area (Å²) in [6, 6.07) is 9.33. The molecule has 6 nitrogen and oxygen atoms in total. The van der Waals surface area contributed by atoms with E-state index in [1.54, 1.807) is 29.2 Å². The predicted molar refractivity (Wildman–Crippen MR) is 99.9 cm³/mol. The van der Waals surface area contributed by atoms with Gasteiger partial charge in [-0.2, -0.15) is 0 Å². The number of nitrogens with zero attached hydrogens (tertiary/aromatic N) is 1. The highest BCUT2D eigenvalue weighted by atomic mass is 19.1. The Balaban J connectivity index is 1.78. The van der Waals surface area contributed by atoms with Crippen LogP contribution in [0.2, 0.25) is 0 Å². The molecule has 1 aliphatic rings. The third kappa shape index (κ3) is 4.30. The van der Waals surface area contributed by atoms with Crippen LogP contribution < -0.4 is 10.6 Å². The van der Waals surface area contributed by atoms with Crippen molar-refractivity contribution in [1.29, 1.82) is 0 Å². The summed E-state index contributed by atoms with van der Waals surface area (Å²) >= 11 is 0. The minimum Gasteiger partial charge on any atom is -0.459 e. The molecule has 7 heteroatoms. The monoisotopic (exact) mass is 373 g/mol. The summed E-state index contributed by atoms with van der Waals surface area (Å²) in [7, 11) is 0. The molecule has 0 unspecified atom stereocenters. The molecule has 2 amide bonds. The maximum atomic E-state index is 13.6. The molecule has 0 aliphatic carbocycles. The molecule has 0 spiro atoms. The van der Waals surface area contributed by atoms with E-state index in [4.69, 9.17) is 4.42 Å². The number of carbonyl (C=O) groups is 2.